The van der Waals surface area contributed by atoms with Gasteiger partial charge in [-0.1, -0.05) is 45.0 Å². The summed E-state index contributed by atoms with van der Waals surface area (Å²) in [6.45, 7) is 6.45. The Kier molecular flexibility index (Phi) is 3.54. The van der Waals surface area contributed by atoms with Crippen molar-refractivity contribution in [1.82, 2.24) is 4.90 Å². The van der Waals surface area contributed by atoms with E-state index in [0.29, 0.717) is 12.8 Å². The molecule has 4 nitrogen and oxygen atoms in total. The fourth-order valence-electron chi connectivity index (χ4n) is 2.67. The monoisotopic (exact) mass is 277 g/mol. The van der Waals surface area contributed by atoms with Crippen LogP contribution in [0, 0.1) is 0 Å². The van der Waals surface area contributed by atoms with Crippen molar-refractivity contribution < 1.29 is 15.0 Å². The number of amides is 1. The van der Waals surface area contributed by atoms with Crippen LogP contribution in [0.5, 0.6) is 0 Å². The smallest absolute Gasteiger partial charge is 0.407 e. The fourth-order valence-corrected chi connectivity index (χ4v) is 2.67. The van der Waals surface area contributed by atoms with E-state index in [4.69, 9.17) is 5.11 Å². The summed E-state index contributed by atoms with van der Waals surface area (Å²) in [6, 6.07) is 7.90. The molecule has 0 aromatic heterocycles. The molecule has 0 spiro atoms. The van der Waals surface area contributed by atoms with Crippen LogP contribution in [-0.2, 0) is 11.0 Å². The van der Waals surface area contributed by atoms with Crippen LogP contribution in [0.1, 0.15) is 44.7 Å². The van der Waals surface area contributed by atoms with E-state index in [1.807, 2.05) is 24.3 Å². The van der Waals surface area contributed by atoms with Crippen LogP contribution in [0.4, 0.5) is 4.79 Å². The highest BCUT2D eigenvalue weighted by molar-refractivity contribution is 5.65. The first kappa shape index (κ1) is 14.9. The number of carboxylic acid groups (broad SMARTS) is 1. The highest BCUT2D eigenvalue weighted by atomic mass is 16.4. The Labute approximate surface area is 120 Å². The van der Waals surface area contributed by atoms with Crippen LogP contribution in [0.15, 0.2) is 24.3 Å². The molecule has 1 saturated carbocycles. The minimum absolute atomic E-state index is 0.0901. The quantitative estimate of drug-likeness (QED) is 0.873. The minimum atomic E-state index is -0.944. The third kappa shape index (κ3) is 2.66. The van der Waals surface area contributed by atoms with Gasteiger partial charge >= 0.3 is 6.09 Å². The molecule has 0 unspecified atom stereocenters. The first-order valence-corrected chi connectivity index (χ1v) is 6.93. The Hall–Kier alpha value is -1.55. The van der Waals surface area contributed by atoms with Gasteiger partial charge in [-0.15, -0.1) is 0 Å². The Bertz CT molecular complexity index is 495. The van der Waals surface area contributed by atoms with E-state index in [-0.39, 0.29) is 11.5 Å². The van der Waals surface area contributed by atoms with E-state index in [1.54, 1.807) is 7.05 Å². The Morgan fingerprint density at radius 2 is 1.75 bits per heavy atom. The fraction of sp³-hybridized carbons (Fsp3) is 0.562. The van der Waals surface area contributed by atoms with Crippen LogP contribution < -0.4 is 0 Å². The molecule has 1 aromatic carbocycles. The highest BCUT2D eigenvalue weighted by Crippen LogP contribution is 2.43. The Morgan fingerprint density at radius 3 is 2.15 bits per heavy atom. The predicted octanol–water partition coefficient (Wildman–Crippen LogP) is 2.94. The van der Waals surface area contributed by atoms with E-state index in [1.165, 1.54) is 10.5 Å². The maximum atomic E-state index is 10.9. The van der Waals surface area contributed by atoms with E-state index in [9.17, 15) is 9.90 Å². The van der Waals surface area contributed by atoms with E-state index in [0.717, 1.165) is 5.56 Å². The normalized spacial score (nSPS) is 25.9. The van der Waals surface area contributed by atoms with Gasteiger partial charge in [-0.3, -0.25) is 0 Å². The summed E-state index contributed by atoms with van der Waals surface area (Å²) in [5, 5.41) is 19.5. The molecule has 1 amide bonds. The summed E-state index contributed by atoms with van der Waals surface area (Å²) in [4.78, 5) is 12.2. The molecule has 0 saturated heterocycles. The van der Waals surface area contributed by atoms with Crippen molar-refractivity contribution in [3.63, 3.8) is 0 Å². The zero-order chi connectivity index (χ0) is 15.1. The second-order valence-corrected chi connectivity index (χ2v) is 6.81. The van der Waals surface area contributed by atoms with Crippen LogP contribution in [0.3, 0.4) is 0 Å². The van der Waals surface area contributed by atoms with E-state index >= 15 is 0 Å². The molecule has 4 heteroatoms. The van der Waals surface area contributed by atoms with E-state index in [2.05, 4.69) is 20.8 Å². The van der Waals surface area contributed by atoms with Gasteiger partial charge in [0.05, 0.1) is 5.60 Å². The summed E-state index contributed by atoms with van der Waals surface area (Å²) in [7, 11) is 1.55. The summed E-state index contributed by atoms with van der Waals surface area (Å²) >= 11 is 0. The van der Waals surface area contributed by atoms with Crippen molar-refractivity contribution in [2.24, 2.45) is 0 Å². The van der Waals surface area contributed by atoms with E-state index < -0.39 is 11.7 Å². The average Bonchev–Trinajstić information content (AvgIpc) is 2.33. The third-order valence-electron chi connectivity index (χ3n) is 4.28. The zero-order valence-electron chi connectivity index (χ0n) is 12.6. The topological polar surface area (TPSA) is 60.8 Å². The lowest BCUT2D eigenvalue weighted by molar-refractivity contribution is -0.0864. The number of aliphatic hydroxyl groups is 1. The van der Waals surface area contributed by atoms with Crippen molar-refractivity contribution >= 4 is 6.09 Å². The van der Waals surface area contributed by atoms with Crippen LogP contribution in [0.2, 0.25) is 0 Å². The number of rotatable bonds is 2. The van der Waals surface area contributed by atoms with Gasteiger partial charge in [-0.25, -0.2) is 4.79 Å². The molecule has 2 rings (SSSR count). The van der Waals surface area contributed by atoms with Gasteiger partial charge in [-0.2, -0.15) is 0 Å². The maximum Gasteiger partial charge on any atom is 0.407 e. The van der Waals surface area contributed by atoms with Crippen molar-refractivity contribution in [3.8, 4) is 0 Å². The van der Waals surface area contributed by atoms with Crippen molar-refractivity contribution in [2.75, 3.05) is 7.05 Å². The van der Waals surface area contributed by atoms with Crippen molar-refractivity contribution in [1.29, 1.82) is 0 Å². The lowest BCUT2D eigenvalue weighted by Crippen LogP contribution is -2.53. The number of carbonyl (C=O) groups is 1. The molecule has 20 heavy (non-hydrogen) atoms. The van der Waals surface area contributed by atoms with Crippen molar-refractivity contribution in [3.05, 3.63) is 35.4 Å². The van der Waals surface area contributed by atoms with Gasteiger partial charge in [0, 0.05) is 25.9 Å². The molecule has 0 heterocycles. The molecule has 1 aliphatic carbocycles. The lowest BCUT2D eigenvalue weighted by atomic mass is 9.70. The summed E-state index contributed by atoms with van der Waals surface area (Å²) in [5.74, 6) is 0. The molecular formula is C16H23NO3. The molecule has 1 aromatic rings. The summed E-state index contributed by atoms with van der Waals surface area (Å²) in [6.07, 6.45) is -0.0184. The molecule has 0 bridgehead atoms. The molecule has 0 atom stereocenters. The first-order valence-electron chi connectivity index (χ1n) is 6.93. The maximum absolute atomic E-state index is 10.9. The third-order valence-corrected chi connectivity index (χ3v) is 4.28. The van der Waals surface area contributed by atoms with Gasteiger partial charge in [0.2, 0.25) is 0 Å². The largest absolute Gasteiger partial charge is 0.465 e. The highest BCUT2D eigenvalue weighted by Gasteiger charge is 2.46. The van der Waals surface area contributed by atoms with Gasteiger partial charge in [0.25, 0.3) is 0 Å². The number of benzene rings is 1. The minimum Gasteiger partial charge on any atom is -0.465 e. The zero-order valence-corrected chi connectivity index (χ0v) is 12.6. The van der Waals surface area contributed by atoms with Gasteiger partial charge < -0.3 is 15.1 Å². The van der Waals surface area contributed by atoms with Gasteiger partial charge in [0.15, 0.2) is 0 Å². The molecule has 0 aliphatic heterocycles. The second kappa shape index (κ2) is 4.77. The SMILES string of the molecule is CN(C(=O)O)C1CC(O)(c2ccc(C(C)(C)C)cc2)C1. The lowest BCUT2D eigenvalue weighted by Gasteiger charge is -2.47. The van der Waals surface area contributed by atoms with Crippen molar-refractivity contribution in [2.45, 2.75) is 50.7 Å². The molecule has 110 valence electrons. The van der Waals surface area contributed by atoms with Crippen LogP contribution >= 0.6 is 0 Å². The summed E-state index contributed by atoms with van der Waals surface area (Å²) < 4.78 is 0. The molecule has 1 fully saturated rings. The standard InChI is InChI=1S/C16H23NO3/c1-15(2,3)11-5-7-12(8-6-11)16(20)9-13(10-16)17(4)14(18)19/h5-8,13,20H,9-10H2,1-4H3,(H,18,19). The molecule has 1 aliphatic rings. The van der Waals surface area contributed by atoms with Crippen LogP contribution in [-0.4, -0.2) is 34.3 Å². The van der Waals surface area contributed by atoms with Gasteiger partial charge in [-0.05, 0) is 16.5 Å². The first-order chi connectivity index (χ1) is 9.13. The summed E-state index contributed by atoms with van der Waals surface area (Å²) in [5.41, 5.74) is 1.31. The number of nitrogens with zero attached hydrogens (tertiary/aromatic N) is 1. The molecule has 2 N–H and O–H groups in total. The van der Waals surface area contributed by atoms with Crippen LogP contribution in [0.25, 0.3) is 0 Å². The molecule has 0 radical (unpaired) electrons. The van der Waals surface area contributed by atoms with Gasteiger partial charge in [0.1, 0.15) is 0 Å². The predicted molar refractivity (Wildman–Crippen MR) is 77.8 cm³/mol. The second-order valence-electron chi connectivity index (χ2n) is 6.81. The average molecular weight is 277 g/mol. The number of hydrogen-bond acceptors (Lipinski definition) is 2. The number of hydrogen-bond donors (Lipinski definition) is 2. The molecular weight excluding hydrogens is 254 g/mol. The Morgan fingerprint density at radius 1 is 1.25 bits per heavy atom. The Balaban J connectivity index is 2.09.